The molecule has 172 valence electrons. The lowest BCUT2D eigenvalue weighted by molar-refractivity contribution is -0.138. The zero-order valence-electron chi connectivity index (χ0n) is 17.7. The predicted octanol–water partition coefficient (Wildman–Crippen LogP) is 3.51. The van der Waals surface area contributed by atoms with Gasteiger partial charge in [0, 0.05) is 11.9 Å². The highest BCUT2D eigenvalue weighted by atomic mass is 19.4. The fraction of sp³-hybridized carbons (Fsp3) is 0.400. The molecule has 2 aromatic rings. The lowest BCUT2D eigenvalue weighted by Crippen LogP contribution is -2.43. The Morgan fingerprint density at radius 3 is 2.41 bits per heavy atom. The Bertz CT molecular complexity index is 1050. The van der Waals surface area contributed by atoms with Gasteiger partial charge in [-0.15, -0.1) is 0 Å². The molecular formula is C20H22F3N5O4. The quantitative estimate of drug-likeness (QED) is 0.635. The molecule has 9 nitrogen and oxygen atoms in total. The molecule has 0 fully saturated rings. The minimum Gasteiger partial charge on any atom is -0.444 e. The maximum Gasteiger partial charge on any atom is 0.417 e. The maximum atomic E-state index is 13.1. The van der Waals surface area contributed by atoms with Crippen LogP contribution in [-0.4, -0.2) is 38.1 Å². The first-order valence-electron chi connectivity index (χ1n) is 9.28. The van der Waals surface area contributed by atoms with Gasteiger partial charge in [-0.1, -0.05) is 0 Å². The number of rotatable bonds is 5. The smallest absolute Gasteiger partial charge is 0.417 e. The second-order valence-corrected chi connectivity index (χ2v) is 8.15. The van der Waals surface area contributed by atoms with Crippen LogP contribution in [-0.2, 0) is 22.3 Å². The van der Waals surface area contributed by atoms with Crippen molar-refractivity contribution in [2.45, 2.75) is 51.6 Å². The molecule has 0 aliphatic heterocycles. The van der Waals surface area contributed by atoms with E-state index in [-0.39, 0.29) is 17.9 Å². The molecule has 1 aromatic carbocycles. The fourth-order valence-corrected chi connectivity index (χ4v) is 2.54. The van der Waals surface area contributed by atoms with E-state index in [2.05, 4.69) is 15.7 Å². The number of aromatic nitrogens is 2. The van der Waals surface area contributed by atoms with Crippen molar-refractivity contribution in [3.63, 3.8) is 0 Å². The molecular weight excluding hydrogens is 431 g/mol. The molecule has 1 heterocycles. The Morgan fingerprint density at radius 1 is 1.19 bits per heavy atom. The van der Waals surface area contributed by atoms with Crippen molar-refractivity contribution in [3.05, 3.63) is 41.7 Å². The number of nitriles is 1. The number of carbonyl (C=O) groups excluding carboxylic acids is 2. The summed E-state index contributed by atoms with van der Waals surface area (Å²) in [5.41, 5.74) is -4.57. The summed E-state index contributed by atoms with van der Waals surface area (Å²) in [5.74, 6) is -0.993. The Balaban J connectivity index is 2.08. The average Bonchev–Trinajstić information content (AvgIpc) is 3.05. The number of alkyl halides is 3. The molecule has 1 unspecified atom stereocenters. The van der Waals surface area contributed by atoms with Crippen LogP contribution in [0.15, 0.2) is 30.6 Å². The number of amides is 2. The van der Waals surface area contributed by atoms with Gasteiger partial charge < -0.3 is 15.2 Å². The number of nitrogens with zero attached hydrogens (tertiary/aromatic N) is 3. The minimum atomic E-state index is -4.79. The minimum absolute atomic E-state index is 0.241. The molecule has 0 aliphatic carbocycles. The van der Waals surface area contributed by atoms with Crippen molar-refractivity contribution in [2.24, 2.45) is 0 Å². The number of aliphatic hydroxyl groups is 1. The lowest BCUT2D eigenvalue weighted by atomic mass is 10.0. The van der Waals surface area contributed by atoms with Crippen LogP contribution in [0.2, 0.25) is 0 Å². The molecule has 3 N–H and O–H groups in total. The first-order valence-corrected chi connectivity index (χ1v) is 9.28. The molecule has 2 amide bonds. The highest BCUT2D eigenvalue weighted by molar-refractivity contribution is 5.97. The number of benzene rings is 1. The summed E-state index contributed by atoms with van der Waals surface area (Å²) >= 11 is 0. The van der Waals surface area contributed by atoms with Crippen LogP contribution in [0, 0.1) is 11.3 Å². The van der Waals surface area contributed by atoms with Crippen LogP contribution >= 0.6 is 0 Å². The molecule has 0 radical (unpaired) electrons. The zero-order chi connectivity index (χ0) is 24.3. The molecule has 2 rings (SSSR count). The van der Waals surface area contributed by atoms with E-state index < -0.39 is 40.5 Å². The van der Waals surface area contributed by atoms with Crippen LogP contribution in [0.1, 0.15) is 38.8 Å². The topological polar surface area (TPSA) is 129 Å². The van der Waals surface area contributed by atoms with Gasteiger partial charge in [-0.3, -0.25) is 14.8 Å². The number of nitrogens with one attached hydrogen (secondary N) is 2. The molecule has 1 aromatic heterocycles. The summed E-state index contributed by atoms with van der Waals surface area (Å²) in [5, 5.41) is 27.9. The largest absolute Gasteiger partial charge is 0.444 e. The Hall–Kier alpha value is -3.59. The van der Waals surface area contributed by atoms with Crippen molar-refractivity contribution in [1.29, 1.82) is 5.26 Å². The summed E-state index contributed by atoms with van der Waals surface area (Å²) in [6.07, 6.45) is -2.90. The van der Waals surface area contributed by atoms with Crippen LogP contribution in [0.25, 0.3) is 0 Å². The van der Waals surface area contributed by atoms with Gasteiger partial charge in [-0.25, -0.2) is 4.79 Å². The van der Waals surface area contributed by atoms with E-state index in [1.165, 1.54) is 23.1 Å². The van der Waals surface area contributed by atoms with Crippen LogP contribution in [0.5, 0.6) is 0 Å². The fourth-order valence-electron chi connectivity index (χ4n) is 2.54. The molecule has 0 saturated carbocycles. The summed E-state index contributed by atoms with van der Waals surface area (Å²) < 4.78 is 45.6. The highest BCUT2D eigenvalue weighted by Crippen LogP contribution is 2.33. The van der Waals surface area contributed by atoms with Crippen molar-refractivity contribution in [1.82, 2.24) is 9.78 Å². The van der Waals surface area contributed by atoms with Gasteiger partial charge in [0.1, 0.15) is 5.60 Å². The van der Waals surface area contributed by atoms with Crippen LogP contribution < -0.4 is 10.6 Å². The van der Waals surface area contributed by atoms with Gasteiger partial charge in [0.05, 0.1) is 35.6 Å². The predicted molar refractivity (Wildman–Crippen MR) is 107 cm³/mol. The number of halogens is 3. The van der Waals surface area contributed by atoms with E-state index in [1.807, 2.05) is 0 Å². The molecule has 0 bridgehead atoms. The summed E-state index contributed by atoms with van der Waals surface area (Å²) in [7, 11) is 0. The van der Waals surface area contributed by atoms with Crippen molar-refractivity contribution in [2.75, 3.05) is 10.6 Å². The van der Waals surface area contributed by atoms with Crippen LogP contribution in [0.4, 0.5) is 29.3 Å². The molecule has 32 heavy (non-hydrogen) atoms. The van der Waals surface area contributed by atoms with Gasteiger partial charge in [-0.05, 0) is 45.9 Å². The number of hydrogen-bond donors (Lipinski definition) is 3. The standard InChI is InChI=1S/C20H22F3N5O4/c1-18(2,3)32-17(30)27-14-9-25-28(10-14)11-19(4,31)16(29)26-13-6-5-12(8-24)15(7-13)20(21,22)23/h5-7,9-10,31H,11H2,1-4H3,(H,26,29)(H,27,30). The van der Waals surface area contributed by atoms with E-state index in [0.717, 1.165) is 19.1 Å². The van der Waals surface area contributed by atoms with Crippen molar-refractivity contribution in [3.8, 4) is 6.07 Å². The van der Waals surface area contributed by atoms with E-state index >= 15 is 0 Å². The average molecular weight is 453 g/mol. The summed E-state index contributed by atoms with van der Waals surface area (Å²) in [6.45, 7) is 5.86. The second kappa shape index (κ2) is 8.88. The monoisotopic (exact) mass is 453 g/mol. The molecule has 0 saturated heterocycles. The Kier molecular flexibility index (Phi) is 6.84. The van der Waals surface area contributed by atoms with E-state index in [1.54, 1.807) is 20.8 Å². The lowest BCUT2D eigenvalue weighted by Gasteiger charge is -2.22. The highest BCUT2D eigenvalue weighted by Gasteiger charge is 2.35. The van der Waals surface area contributed by atoms with Gasteiger partial charge in [0.15, 0.2) is 5.60 Å². The SMILES string of the molecule is CC(C)(C)OC(=O)Nc1cnn(CC(C)(O)C(=O)Nc2ccc(C#N)c(C(F)(F)F)c2)c1. The number of carbonyl (C=O) groups is 2. The van der Waals surface area contributed by atoms with Gasteiger partial charge in [-0.2, -0.15) is 23.5 Å². The first kappa shape index (κ1) is 24.7. The van der Waals surface area contributed by atoms with Gasteiger partial charge >= 0.3 is 12.3 Å². The van der Waals surface area contributed by atoms with Crippen molar-refractivity contribution >= 4 is 23.4 Å². The third kappa shape index (κ3) is 6.71. The summed E-state index contributed by atoms with van der Waals surface area (Å²) in [4.78, 5) is 24.3. The molecule has 1 atom stereocenters. The number of anilines is 2. The van der Waals surface area contributed by atoms with Gasteiger partial charge in [0.25, 0.3) is 5.91 Å². The molecule has 12 heteroatoms. The normalized spacial score (nSPS) is 13.6. The second-order valence-electron chi connectivity index (χ2n) is 8.15. The third-order valence-corrected chi connectivity index (χ3v) is 3.94. The van der Waals surface area contributed by atoms with Gasteiger partial charge in [0.2, 0.25) is 0 Å². The maximum absolute atomic E-state index is 13.1. The molecule has 0 aliphatic rings. The zero-order valence-corrected chi connectivity index (χ0v) is 17.7. The summed E-state index contributed by atoms with van der Waals surface area (Å²) in [6, 6.07) is 4.10. The number of ether oxygens (including phenoxy) is 1. The Morgan fingerprint density at radius 2 is 1.84 bits per heavy atom. The third-order valence-electron chi connectivity index (χ3n) is 3.94. The van der Waals surface area contributed by atoms with E-state index in [9.17, 15) is 27.9 Å². The first-order chi connectivity index (χ1) is 14.6. The van der Waals surface area contributed by atoms with E-state index in [0.29, 0.717) is 6.07 Å². The molecule has 0 spiro atoms. The van der Waals surface area contributed by atoms with Crippen molar-refractivity contribution < 1.29 is 32.6 Å². The van der Waals surface area contributed by atoms with Crippen LogP contribution in [0.3, 0.4) is 0 Å². The Labute approximate surface area is 181 Å². The van der Waals surface area contributed by atoms with E-state index in [4.69, 9.17) is 10.00 Å². The number of hydrogen-bond acceptors (Lipinski definition) is 6.